The number of rotatable bonds is 3. The molecule has 64 valence electrons. The third-order valence-corrected chi connectivity index (χ3v) is 1.87. The van der Waals surface area contributed by atoms with Crippen molar-refractivity contribution in [2.75, 3.05) is 0 Å². The van der Waals surface area contributed by atoms with E-state index in [4.69, 9.17) is 0 Å². The summed E-state index contributed by atoms with van der Waals surface area (Å²) in [5, 5.41) is 4.07. The number of allylic oxidation sites excluding steroid dienone is 1. The van der Waals surface area contributed by atoms with E-state index in [0.29, 0.717) is 5.69 Å². The Labute approximate surface area is 71.7 Å². The van der Waals surface area contributed by atoms with Crippen LogP contribution in [0.2, 0.25) is 0 Å². The van der Waals surface area contributed by atoms with Gasteiger partial charge < -0.3 is 0 Å². The predicted molar refractivity (Wildman–Crippen MR) is 47.3 cm³/mol. The molecule has 1 aromatic rings. The summed E-state index contributed by atoms with van der Waals surface area (Å²) < 4.78 is 1.66. The molecule has 0 N–H and O–H groups in total. The maximum Gasteiger partial charge on any atom is 0.168 e. The zero-order chi connectivity index (χ0) is 9.14. The Morgan fingerprint density at radius 1 is 1.75 bits per heavy atom. The van der Waals surface area contributed by atoms with Gasteiger partial charge in [-0.1, -0.05) is 6.08 Å². The van der Waals surface area contributed by atoms with E-state index < -0.39 is 0 Å². The fourth-order valence-electron chi connectivity index (χ4n) is 1.03. The van der Waals surface area contributed by atoms with Crippen molar-refractivity contribution in [3.8, 4) is 0 Å². The summed E-state index contributed by atoms with van der Waals surface area (Å²) in [4.78, 5) is 10.6. The van der Waals surface area contributed by atoms with Crippen LogP contribution in [0.4, 0.5) is 0 Å². The van der Waals surface area contributed by atoms with Gasteiger partial charge >= 0.3 is 0 Å². The topological polar surface area (TPSA) is 34.9 Å². The third-order valence-electron chi connectivity index (χ3n) is 1.87. The predicted octanol–water partition coefficient (Wildman–Crippen LogP) is 1.75. The van der Waals surface area contributed by atoms with Crippen LogP contribution in [0.1, 0.15) is 29.0 Å². The maximum absolute atomic E-state index is 10.6. The Hall–Kier alpha value is -1.38. The number of hydrogen-bond acceptors (Lipinski definition) is 2. The molecular weight excluding hydrogens is 152 g/mol. The van der Waals surface area contributed by atoms with E-state index in [9.17, 15) is 4.79 Å². The van der Waals surface area contributed by atoms with E-state index in [0.717, 1.165) is 11.8 Å². The average molecular weight is 164 g/mol. The van der Waals surface area contributed by atoms with Crippen LogP contribution in [0.15, 0.2) is 18.9 Å². The van der Waals surface area contributed by atoms with Crippen LogP contribution in [-0.2, 0) is 0 Å². The van der Waals surface area contributed by atoms with Gasteiger partial charge in [-0.05, 0) is 19.4 Å². The van der Waals surface area contributed by atoms with E-state index in [1.807, 2.05) is 13.8 Å². The van der Waals surface area contributed by atoms with Crippen molar-refractivity contribution in [3.05, 3.63) is 30.1 Å². The van der Waals surface area contributed by atoms with Gasteiger partial charge in [0.25, 0.3) is 0 Å². The molecule has 1 rings (SSSR count). The standard InChI is InChI=1S/C9H12N2O/c1-4-8(3)11-9(6-12)7(2)5-10-11/h4-6,8H,1H2,2-3H3. The average Bonchev–Trinajstić information content (AvgIpc) is 2.45. The van der Waals surface area contributed by atoms with Crippen molar-refractivity contribution in [1.29, 1.82) is 0 Å². The summed E-state index contributed by atoms with van der Waals surface area (Å²) >= 11 is 0. The molecule has 0 aromatic carbocycles. The first-order valence-corrected chi connectivity index (χ1v) is 3.82. The van der Waals surface area contributed by atoms with Crippen molar-refractivity contribution < 1.29 is 4.79 Å². The van der Waals surface area contributed by atoms with Crippen molar-refractivity contribution in [2.24, 2.45) is 0 Å². The zero-order valence-electron chi connectivity index (χ0n) is 7.32. The minimum atomic E-state index is 0.0684. The molecule has 1 unspecified atom stereocenters. The molecule has 0 aliphatic carbocycles. The molecular formula is C9H12N2O. The lowest BCUT2D eigenvalue weighted by atomic mass is 10.2. The molecule has 1 aromatic heterocycles. The van der Waals surface area contributed by atoms with Crippen LogP contribution in [0, 0.1) is 6.92 Å². The normalized spacial score (nSPS) is 12.5. The lowest BCUT2D eigenvalue weighted by Crippen LogP contribution is -2.07. The highest BCUT2D eigenvalue weighted by molar-refractivity contribution is 5.74. The van der Waals surface area contributed by atoms with Gasteiger partial charge in [0, 0.05) is 0 Å². The molecule has 0 amide bonds. The van der Waals surface area contributed by atoms with Gasteiger partial charge in [-0.25, -0.2) is 0 Å². The minimum absolute atomic E-state index is 0.0684. The summed E-state index contributed by atoms with van der Waals surface area (Å²) in [6, 6.07) is 0.0684. The molecule has 0 aliphatic heterocycles. The van der Waals surface area contributed by atoms with Gasteiger partial charge in [-0.3, -0.25) is 9.48 Å². The van der Waals surface area contributed by atoms with Gasteiger partial charge in [0.15, 0.2) is 6.29 Å². The van der Waals surface area contributed by atoms with Crippen LogP contribution in [0.5, 0.6) is 0 Å². The SMILES string of the molecule is C=CC(C)n1ncc(C)c1C=O. The van der Waals surface area contributed by atoms with E-state index in [1.54, 1.807) is 17.0 Å². The van der Waals surface area contributed by atoms with Gasteiger partial charge in [0.05, 0.1) is 12.2 Å². The second kappa shape index (κ2) is 3.34. The summed E-state index contributed by atoms with van der Waals surface area (Å²) in [7, 11) is 0. The van der Waals surface area contributed by atoms with Crippen molar-refractivity contribution >= 4 is 6.29 Å². The Morgan fingerprint density at radius 3 is 2.92 bits per heavy atom. The van der Waals surface area contributed by atoms with Crippen LogP contribution < -0.4 is 0 Å². The third kappa shape index (κ3) is 1.30. The summed E-state index contributed by atoms with van der Waals surface area (Å²) in [5.74, 6) is 0. The first-order chi connectivity index (χ1) is 5.70. The molecule has 0 bridgehead atoms. The highest BCUT2D eigenvalue weighted by atomic mass is 16.1. The first kappa shape index (κ1) is 8.71. The van der Waals surface area contributed by atoms with Crippen LogP contribution in [0.25, 0.3) is 0 Å². The van der Waals surface area contributed by atoms with E-state index >= 15 is 0 Å². The van der Waals surface area contributed by atoms with E-state index in [-0.39, 0.29) is 6.04 Å². The summed E-state index contributed by atoms with van der Waals surface area (Å²) in [6.45, 7) is 7.45. The molecule has 0 saturated carbocycles. The van der Waals surface area contributed by atoms with Crippen molar-refractivity contribution in [3.63, 3.8) is 0 Å². The van der Waals surface area contributed by atoms with Crippen LogP contribution >= 0.6 is 0 Å². The first-order valence-electron chi connectivity index (χ1n) is 3.82. The lowest BCUT2D eigenvalue weighted by molar-refractivity contribution is 0.111. The number of carbonyl (C=O) groups is 1. The molecule has 1 heterocycles. The summed E-state index contributed by atoms with van der Waals surface area (Å²) in [6.07, 6.45) is 4.26. The number of carbonyl (C=O) groups excluding carboxylic acids is 1. The number of hydrogen-bond donors (Lipinski definition) is 0. The number of aryl methyl sites for hydroxylation is 1. The number of aldehydes is 1. The zero-order valence-corrected chi connectivity index (χ0v) is 7.32. The van der Waals surface area contributed by atoms with Crippen molar-refractivity contribution in [2.45, 2.75) is 19.9 Å². The monoisotopic (exact) mass is 164 g/mol. The molecule has 0 fully saturated rings. The van der Waals surface area contributed by atoms with Gasteiger partial charge in [-0.2, -0.15) is 5.10 Å². The largest absolute Gasteiger partial charge is 0.296 e. The maximum atomic E-state index is 10.6. The summed E-state index contributed by atoms with van der Waals surface area (Å²) in [5.41, 5.74) is 1.53. The van der Waals surface area contributed by atoms with Gasteiger partial charge in [0.2, 0.25) is 0 Å². The van der Waals surface area contributed by atoms with Crippen LogP contribution in [0.3, 0.4) is 0 Å². The second-order valence-corrected chi connectivity index (χ2v) is 2.75. The molecule has 0 radical (unpaired) electrons. The highest BCUT2D eigenvalue weighted by Crippen LogP contribution is 2.11. The minimum Gasteiger partial charge on any atom is -0.296 e. The van der Waals surface area contributed by atoms with Crippen LogP contribution in [-0.4, -0.2) is 16.1 Å². The molecule has 3 nitrogen and oxygen atoms in total. The Bertz CT molecular complexity index is 301. The van der Waals surface area contributed by atoms with Crippen molar-refractivity contribution in [1.82, 2.24) is 9.78 Å². The Morgan fingerprint density at radius 2 is 2.42 bits per heavy atom. The highest BCUT2D eigenvalue weighted by Gasteiger charge is 2.08. The Balaban J connectivity index is 3.14. The number of aromatic nitrogens is 2. The van der Waals surface area contributed by atoms with E-state index in [2.05, 4.69) is 11.7 Å². The fraction of sp³-hybridized carbons (Fsp3) is 0.333. The molecule has 1 atom stereocenters. The molecule has 12 heavy (non-hydrogen) atoms. The fourth-order valence-corrected chi connectivity index (χ4v) is 1.03. The second-order valence-electron chi connectivity index (χ2n) is 2.75. The number of nitrogens with zero attached hydrogens (tertiary/aromatic N) is 2. The van der Waals surface area contributed by atoms with Gasteiger partial charge in [-0.15, -0.1) is 6.58 Å². The molecule has 0 saturated heterocycles. The van der Waals surface area contributed by atoms with Gasteiger partial charge in [0.1, 0.15) is 5.69 Å². The molecule has 3 heteroatoms. The quantitative estimate of drug-likeness (QED) is 0.504. The lowest BCUT2D eigenvalue weighted by Gasteiger charge is -2.07. The smallest absolute Gasteiger partial charge is 0.168 e. The Kier molecular flexibility index (Phi) is 2.43. The molecule has 0 aliphatic rings. The molecule has 0 spiro atoms. The van der Waals surface area contributed by atoms with E-state index in [1.165, 1.54) is 0 Å².